The summed E-state index contributed by atoms with van der Waals surface area (Å²) in [6, 6.07) is 31.4. The zero-order chi connectivity index (χ0) is 29.6. The predicted molar refractivity (Wildman–Crippen MR) is 165 cm³/mol. The third-order valence-electron chi connectivity index (χ3n) is 8.41. The van der Waals surface area contributed by atoms with Gasteiger partial charge in [0.25, 0.3) is 5.52 Å². The molecule has 0 N–H and O–H groups in total. The third kappa shape index (κ3) is 3.12. The molecule has 0 unspecified atom stereocenters. The van der Waals surface area contributed by atoms with Crippen LogP contribution in [-0.2, 0) is 0 Å². The molecule has 7 rings (SSSR count). The Hall–Kier alpha value is -3.89. The van der Waals surface area contributed by atoms with Crippen molar-refractivity contribution in [3.05, 3.63) is 108 Å². The van der Waals surface area contributed by atoms with Gasteiger partial charge >= 0.3 is 8.32 Å². The van der Waals surface area contributed by atoms with E-state index in [1.165, 1.54) is 21.1 Å². The number of hydrogen-bond acceptors (Lipinski definition) is 1. The van der Waals surface area contributed by atoms with Crippen LogP contribution in [0.15, 0.2) is 91.0 Å². The van der Waals surface area contributed by atoms with Crippen molar-refractivity contribution in [3.8, 4) is 5.75 Å². The van der Waals surface area contributed by atoms with E-state index in [9.17, 15) is 0 Å². The van der Waals surface area contributed by atoms with Gasteiger partial charge in [0, 0.05) is 15.1 Å². The van der Waals surface area contributed by atoms with Gasteiger partial charge in [0.2, 0.25) is 5.52 Å². The first-order chi connectivity index (χ1) is 20.1. The highest BCUT2D eigenvalue weighted by Gasteiger charge is 2.54. The van der Waals surface area contributed by atoms with Gasteiger partial charge in [0.1, 0.15) is 5.75 Å². The number of para-hydroxylation sites is 1. The SMILES string of the molecule is [2H]C([2H])([2H])c1ccc2c3c1c1cccc(C(C)C)c1[n+]1c3c(c(C)n1C(C)C)[Si](c1ccccc1)(c1ccccc1)O2. The lowest BCUT2D eigenvalue weighted by molar-refractivity contribution is -0.586. The van der Waals surface area contributed by atoms with Gasteiger partial charge in [0.05, 0.1) is 27.7 Å². The molecule has 0 fully saturated rings. The first-order valence-electron chi connectivity index (χ1n) is 15.4. The van der Waals surface area contributed by atoms with E-state index in [0.29, 0.717) is 5.56 Å². The zero-order valence-corrected chi connectivity index (χ0v) is 24.1. The van der Waals surface area contributed by atoms with E-state index in [1.807, 2.05) is 6.07 Å². The zero-order valence-electron chi connectivity index (χ0n) is 26.1. The number of benzene rings is 4. The molecule has 1 aliphatic rings. The van der Waals surface area contributed by atoms with E-state index in [-0.39, 0.29) is 12.0 Å². The molecule has 0 amide bonds. The summed E-state index contributed by atoms with van der Waals surface area (Å²) in [6.45, 7) is 8.82. The Balaban J connectivity index is 1.85. The van der Waals surface area contributed by atoms with Crippen LogP contribution in [0.5, 0.6) is 5.75 Å². The van der Waals surface area contributed by atoms with Crippen molar-refractivity contribution in [2.24, 2.45) is 0 Å². The topological polar surface area (TPSA) is 18.3 Å². The van der Waals surface area contributed by atoms with Gasteiger partial charge in [-0.3, -0.25) is 0 Å². The van der Waals surface area contributed by atoms with E-state index in [0.717, 1.165) is 38.6 Å². The standard InChI is InChI=1S/C35H35N2OSi/c1-22(2)28-18-13-19-29-31-24(5)20-21-30-32(31)34-35(25(6)36(23(3)4)37(34)33(28)29)39(38-30,26-14-9-7-10-15-26)27-16-11-8-12-17-27/h7-23H,1-6H3/q+1/i5D3. The van der Waals surface area contributed by atoms with Crippen molar-refractivity contribution < 1.29 is 13.1 Å². The van der Waals surface area contributed by atoms with Crippen molar-refractivity contribution >= 4 is 51.1 Å². The van der Waals surface area contributed by atoms with Crippen LogP contribution in [-0.4, -0.2) is 13.0 Å². The Bertz CT molecular complexity index is 1970. The number of hydrogen-bond donors (Lipinski definition) is 0. The molecule has 0 saturated carbocycles. The van der Waals surface area contributed by atoms with Gasteiger partial charge < -0.3 is 4.43 Å². The molecule has 4 heteroatoms. The Morgan fingerprint density at radius 3 is 2.03 bits per heavy atom. The van der Waals surface area contributed by atoms with Crippen LogP contribution in [0.1, 0.15) is 60.6 Å². The maximum atomic E-state index is 8.57. The van der Waals surface area contributed by atoms with Crippen LogP contribution in [0.25, 0.3) is 27.2 Å². The van der Waals surface area contributed by atoms with Crippen molar-refractivity contribution in [2.75, 3.05) is 0 Å². The highest BCUT2D eigenvalue weighted by molar-refractivity contribution is 7.09. The first-order valence-corrected chi connectivity index (χ1v) is 15.8. The molecule has 0 atom stereocenters. The quantitative estimate of drug-likeness (QED) is 0.150. The highest BCUT2D eigenvalue weighted by atomic mass is 28.4. The summed E-state index contributed by atoms with van der Waals surface area (Å²) >= 11 is 0. The summed E-state index contributed by atoms with van der Waals surface area (Å²) in [5, 5.41) is 6.14. The Labute approximate surface area is 235 Å². The molecule has 0 saturated heterocycles. The molecule has 6 aromatic rings. The van der Waals surface area contributed by atoms with Crippen LogP contribution >= 0.6 is 0 Å². The van der Waals surface area contributed by atoms with Gasteiger partial charge in [-0.25, -0.2) is 0 Å². The number of fused-ring (bicyclic) bond motifs is 3. The second kappa shape index (κ2) is 8.55. The van der Waals surface area contributed by atoms with Crippen molar-refractivity contribution in [2.45, 2.75) is 53.4 Å². The summed E-state index contributed by atoms with van der Waals surface area (Å²) < 4.78 is 38.0. The fourth-order valence-electron chi connectivity index (χ4n) is 6.92. The highest BCUT2D eigenvalue weighted by Crippen LogP contribution is 2.41. The van der Waals surface area contributed by atoms with Crippen molar-refractivity contribution in [1.29, 1.82) is 0 Å². The van der Waals surface area contributed by atoms with Crippen LogP contribution in [0.2, 0.25) is 0 Å². The van der Waals surface area contributed by atoms with Gasteiger partial charge in [-0.05, 0) is 61.6 Å². The maximum Gasteiger partial charge on any atom is 0.355 e. The van der Waals surface area contributed by atoms with E-state index in [1.54, 1.807) is 6.07 Å². The molecule has 0 aliphatic carbocycles. The Morgan fingerprint density at radius 2 is 1.44 bits per heavy atom. The minimum Gasteiger partial charge on any atom is -0.529 e. The van der Waals surface area contributed by atoms with E-state index >= 15 is 0 Å². The lowest BCUT2D eigenvalue weighted by Gasteiger charge is -2.35. The monoisotopic (exact) mass is 530 g/mol. The molecule has 4 aromatic carbocycles. The minimum absolute atomic E-state index is 0.151. The summed E-state index contributed by atoms with van der Waals surface area (Å²) in [6.07, 6.45) is 0. The van der Waals surface area contributed by atoms with Gasteiger partial charge in [0.15, 0.2) is 0 Å². The van der Waals surface area contributed by atoms with Crippen LogP contribution < -0.4 is 24.5 Å². The molecule has 194 valence electrons. The van der Waals surface area contributed by atoms with Crippen LogP contribution in [0, 0.1) is 13.8 Å². The molecule has 39 heavy (non-hydrogen) atoms. The van der Waals surface area contributed by atoms with Crippen LogP contribution in [0.3, 0.4) is 0 Å². The smallest absolute Gasteiger partial charge is 0.355 e. The van der Waals surface area contributed by atoms with Gasteiger partial charge in [-0.2, -0.15) is 0 Å². The second-order valence-corrected chi connectivity index (χ2v) is 14.6. The molecule has 2 aromatic heterocycles. The summed E-state index contributed by atoms with van der Waals surface area (Å²) in [5.41, 5.74) is 4.87. The molecular weight excluding hydrogens is 492 g/mol. The largest absolute Gasteiger partial charge is 0.529 e. The van der Waals surface area contributed by atoms with Crippen molar-refractivity contribution in [1.82, 2.24) is 4.68 Å². The second-order valence-electron chi connectivity index (χ2n) is 11.3. The summed E-state index contributed by atoms with van der Waals surface area (Å²) in [4.78, 5) is 0. The summed E-state index contributed by atoms with van der Waals surface area (Å²) in [7, 11) is -3.11. The molecular formula is C35H35N2OSi+. The average molecular weight is 531 g/mol. The minimum atomic E-state index is -3.11. The molecule has 0 radical (unpaired) electrons. The fourth-order valence-corrected chi connectivity index (χ4v) is 11.2. The maximum absolute atomic E-state index is 8.57. The molecule has 1 aliphatic heterocycles. The Morgan fingerprint density at radius 1 is 0.769 bits per heavy atom. The normalized spacial score (nSPS) is 15.7. The number of aryl methyl sites for hydroxylation is 1. The van der Waals surface area contributed by atoms with Crippen molar-refractivity contribution in [3.63, 3.8) is 0 Å². The first kappa shape index (κ1) is 21.0. The third-order valence-corrected chi connectivity index (χ3v) is 12.5. The number of rotatable bonds is 4. The number of pyridine rings is 1. The molecule has 0 spiro atoms. The van der Waals surface area contributed by atoms with Gasteiger partial charge in [-0.15, -0.1) is 4.68 Å². The Kier molecular flexibility index (Phi) is 4.60. The molecule has 3 heterocycles. The van der Waals surface area contributed by atoms with Crippen LogP contribution in [0.4, 0.5) is 0 Å². The summed E-state index contributed by atoms with van der Waals surface area (Å²) in [5.74, 6) is 0.991. The lowest BCUT2D eigenvalue weighted by atomic mass is 9.94. The van der Waals surface area contributed by atoms with E-state index in [2.05, 4.69) is 123 Å². The van der Waals surface area contributed by atoms with Gasteiger partial charge in [-0.1, -0.05) is 97.2 Å². The predicted octanol–water partition coefficient (Wildman–Crippen LogP) is 6.21. The number of aromatic nitrogens is 2. The molecule has 0 bridgehead atoms. The fraction of sp³-hybridized carbons (Fsp3) is 0.229. The van der Waals surface area contributed by atoms with E-state index in [4.69, 9.17) is 8.54 Å². The number of nitrogens with zero attached hydrogens (tertiary/aromatic N) is 2. The van der Waals surface area contributed by atoms with E-state index < -0.39 is 15.2 Å². The molecule has 3 nitrogen and oxygen atoms in total. The lowest BCUT2D eigenvalue weighted by Crippen LogP contribution is -2.73. The average Bonchev–Trinajstić information content (AvgIpc) is 3.30.